The van der Waals surface area contributed by atoms with Gasteiger partial charge in [0.05, 0.1) is 5.52 Å². The first-order valence-electron chi connectivity index (χ1n) is 12.0. The van der Waals surface area contributed by atoms with Crippen LogP contribution in [-0.2, 0) is 6.54 Å². The summed E-state index contributed by atoms with van der Waals surface area (Å²) in [6.45, 7) is 8.61. The topological polar surface area (TPSA) is 103 Å². The van der Waals surface area contributed by atoms with Gasteiger partial charge in [0.2, 0.25) is 0 Å². The van der Waals surface area contributed by atoms with Crippen LogP contribution in [0.25, 0.3) is 21.7 Å². The van der Waals surface area contributed by atoms with E-state index in [1.54, 1.807) is 31.6 Å². The lowest BCUT2D eigenvalue weighted by Gasteiger charge is -2.15. The number of rotatable bonds is 4. The molecule has 0 bridgehead atoms. The van der Waals surface area contributed by atoms with Crippen molar-refractivity contribution in [3.63, 3.8) is 0 Å². The Balaban J connectivity index is 0.000000278. The number of hydrogen-bond donors (Lipinski definition) is 4. The zero-order valence-electron chi connectivity index (χ0n) is 21.8. The van der Waals surface area contributed by atoms with E-state index in [4.69, 9.17) is 26.9 Å². The van der Waals surface area contributed by atoms with Crippen LogP contribution < -0.4 is 10.8 Å². The molecule has 0 fully saturated rings. The van der Waals surface area contributed by atoms with Crippen molar-refractivity contribution >= 4 is 44.8 Å². The second-order valence-corrected chi connectivity index (χ2v) is 8.89. The Bertz CT molecular complexity index is 1520. The minimum atomic E-state index is -0.328. The molecule has 0 saturated carbocycles. The zero-order chi connectivity index (χ0) is 27.7. The van der Waals surface area contributed by atoms with Gasteiger partial charge < -0.3 is 15.6 Å². The number of hydrogen-bond acceptors (Lipinski definition) is 7. The van der Waals surface area contributed by atoms with E-state index in [0.29, 0.717) is 33.8 Å². The fraction of sp³-hybridized carbons (Fsp3) is 0.207. The molecule has 9 heteroatoms. The van der Waals surface area contributed by atoms with E-state index in [-0.39, 0.29) is 12.4 Å². The van der Waals surface area contributed by atoms with E-state index in [1.807, 2.05) is 23.7 Å². The van der Waals surface area contributed by atoms with Gasteiger partial charge in [-0.25, -0.2) is 19.8 Å². The van der Waals surface area contributed by atoms with E-state index in [2.05, 4.69) is 48.2 Å². The molecule has 2 aromatic carbocycles. The lowest BCUT2D eigenvalue weighted by molar-refractivity contribution is 0.161. The predicted octanol–water partition coefficient (Wildman–Crippen LogP) is 6.80. The van der Waals surface area contributed by atoms with Crippen LogP contribution in [0.2, 0.25) is 5.15 Å². The van der Waals surface area contributed by atoms with Crippen molar-refractivity contribution in [3.8, 4) is 0 Å². The molecule has 5 rings (SSSR count). The number of aromatic nitrogens is 3. The smallest absolute Gasteiger partial charge is 0.139 e. The Morgan fingerprint density at radius 1 is 0.947 bits per heavy atom. The van der Waals surface area contributed by atoms with Crippen LogP contribution in [0.5, 0.6) is 0 Å². The lowest BCUT2D eigenvalue weighted by Crippen LogP contribution is -2.05. The maximum atomic E-state index is 13.8. The van der Waals surface area contributed by atoms with Crippen LogP contribution in [0.4, 0.5) is 15.9 Å². The molecule has 3 heterocycles. The highest BCUT2D eigenvalue weighted by molar-refractivity contribution is 6.37. The van der Waals surface area contributed by atoms with Crippen molar-refractivity contribution in [2.24, 2.45) is 0 Å². The summed E-state index contributed by atoms with van der Waals surface area (Å²) < 4.78 is 13.8. The van der Waals surface area contributed by atoms with E-state index in [1.165, 1.54) is 23.3 Å². The van der Waals surface area contributed by atoms with Crippen LogP contribution in [0.3, 0.4) is 0 Å². The van der Waals surface area contributed by atoms with E-state index in [9.17, 15) is 4.39 Å². The second kappa shape index (κ2) is 13.7. The number of nitrogens with one attached hydrogen (secondary N) is 2. The van der Waals surface area contributed by atoms with Gasteiger partial charge in [-0.15, -0.1) is 0 Å². The summed E-state index contributed by atoms with van der Waals surface area (Å²) >= 11 is 6.35. The molecule has 198 valence electrons. The van der Waals surface area contributed by atoms with Crippen LogP contribution >= 0.6 is 11.6 Å². The van der Waals surface area contributed by atoms with Crippen molar-refractivity contribution in [1.29, 1.82) is 0 Å². The Labute approximate surface area is 226 Å². The maximum absolute atomic E-state index is 13.8. The molecular formula is C29H31ClFN5O2. The largest absolute Gasteiger partial charge is 0.397 e. The Kier molecular flexibility index (Phi) is 10.4. The Morgan fingerprint density at radius 2 is 1.68 bits per heavy atom. The SMILES string of the molecule is CCO.Cc1cc(C)c(Nc2nc3ccc(F)cc3c3c(Cl)nccc23)cc1C.ONCc1cccnc1. The molecule has 0 spiro atoms. The molecule has 0 aliphatic carbocycles. The van der Waals surface area contributed by atoms with E-state index >= 15 is 0 Å². The van der Waals surface area contributed by atoms with Crippen molar-refractivity contribution in [2.45, 2.75) is 34.2 Å². The molecular weight excluding hydrogens is 505 g/mol. The van der Waals surface area contributed by atoms with Crippen LogP contribution in [0.15, 0.2) is 67.1 Å². The van der Waals surface area contributed by atoms with Gasteiger partial charge in [-0.2, -0.15) is 0 Å². The summed E-state index contributed by atoms with van der Waals surface area (Å²) in [5, 5.41) is 21.7. The van der Waals surface area contributed by atoms with Crippen LogP contribution in [0, 0.1) is 26.6 Å². The molecule has 7 nitrogen and oxygen atoms in total. The minimum absolute atomic E-state index is 0.250. The first-order chi connectivity index (χ1) is 18.3. The van der Waals surface area contributed by atoms with Gasteiger partial charge >= 0.3 is 0 Å². The number of halogens is 2. The molecule has 0 saturated heterocycles. The molecule has 0 aliphatic heterocycles. The molecule has 0 atom stereocenters. The van der Waals surface area contributed by atoms with Crippen LogP contribution in [-0.4, -0.2) is 31.9 Å². The third-order valence-corrected chi connectivity index (χ3v) is 6.01. The summed E-state index contributed by atoms with van der Waals surface area (Å²) in [7, 11) is 0. The maximum Gasteiger partial charge on any atom is 0.139 e. The van der Waals surface area contributed by atoms with Crippen LogP contribution in [0.1, 0.15) is 29.2 Å². The first-order valence-corrected chi connectivity index (χ1v) is 12.4. The number of hydroxylamine groups is 1. The lowest BCUT2D eigenvalue weighted by atomic mass is 10.0. The van der Waals surface area contributed by atoms with Gasteiger partial charge in [0, 0.05) is 53.6 Å². The number of aryl methyl sites for hydroxylation is 3. The third-order valence-electron chi connectivity index (χ3n) is 5.72. The number of aliphatic hydroxyl groups is 1. The standard InChI is InChI=1S/C21H17ClFN3.C6H8N2O.C2H6O/c1-11-8-13(3)18(9-12(11)2)26-21-15-6-7-24-20(22)19(15)16-10-14(23)4-5-17(16)25-21;9-8-5-6-2-1-3-7-4-6;1-2-3/h4-10H,1-3H3,(H,25,26);1-4,8-9H,5H2;3H,2H2,1H3. The first kappa shape index (κ1) is 28.9. The number of nitrogens with zero attached hydrogens (tertiary/aromatic N) is 3. The summed E-state index contributed by atoms with van der Waals surface area (Å²) in [5.41, 5.74) is 8.23. The molecule has 38 heavy (non-hydrogen) atoms. The van der Waals surface area contributed by atoms with Gasteiger partial charge in [0.1, 0.15) is 16.8 Å². The number of benzene rings is 2. The fourth-order valence-electron chi connectivity index (χ4n) is 3.79. The highest BCUT2D eigenvalue weighted by atomic mass is 35.5. The average molecular weight is 536 g/mol. The summed E-state index contributed by atoms with van der Waals surface area (Å²) in [5.74, 6) is 0.348. The second-order valence-electron chi connectivity index (χ2n) is 8.53. The minimum Gasteiger partial charge on any atom is -0.397 e. The molecule has 3 aromatic heterocycles. The number of pyridine rings is 3. The van der Waals surface area contributed by atoms with Gasteiger partial charge in [-0.3, -0.25) is 4.98 Å². The van der Waals surface area contributed by atoms with Crippen molar-refractivity contribution in [2.75, 3.05) is 11.9 Å². The average Bonchev–Trinajstić information content (AvgIpc) is 2.89. The van der Waals surface area contributed by atoms with Gasteiger partial charge in [-0.1, -0.05) is 23.7 Å². The van der Waals surface area contributed by atoms with Crippen molar-refractivity contribution < 1.29 is 14.7 Å². The molecule has 4 N–H and O–H groups in total. The van der Waals surface area contributed by atoms with Gasteiger partial charge in [0.25, 0.3) is 0 Å². The number of aliphatic hydroxyl groups excluding tert-OH is 1. The zero-order valence-corrected chi connectivity index (χ0v) is 22.5. The summed E-state index contributed by atoms with van der Waals surface area (Å²) in [6, 6.07) is 14.3. The van der Waals surface area contributed by atoms with Gasteiger partial charge in [-0.05, 0) is 86.3 Å². The van der Waals surface area contributed by atoms with E-state index < -0.39 is 0 Å². The monoisotopic (exact) mass is 535 g/mol. The highest BCUT2D eigenvalue weighted by Crippen LogP contribution is 2.35. The summed E-state index contributed by atoms with van der Waals surface area (Å²) in [6.07, 6.45) is 5.03. The molecule has 0 radical (unpaired) electrons. The molecule has 0 amide bonds. The normalized spacial score (nSPS) is 10.4. The fourth-order valence-corrected chi connectivity index (χ4v) is 4.05. The Morgan fingerprint density at radius 3 is 2.37 bits per heavy atom. The van der Waals surface area contributed by atoms with E-state index in [0.717, 1.165) is 22.2 Å². The number of fused-ring (bicyclic) bond motifs is 3. The molecule has 0 aliphatic rings. The number of anilines is 2. The molecule has 5 aromatic rings. The summed E-state index contributed by atoms with van der Waals surface area (Å²) in [4.78, 5) is 12.7. The highest BCUT2D eigenvalue weighted by Gasteiger charge is 2.14. The molecule has 0 unspecified atom stereocenters. The van der Waals surface area contributed by atoms with Crippen molar-refractivity contribution in [1.82, 2.24) is 20.4 Å². The predicted molar refractivity (Wildman–Crippen MR) is 152 cm³/mol. The third kappa shape index (κ3) is 7.20. The van der Waals surface area contributed by atoms with Crippen molar-refractivity contribution in [3.05, 3.63) is 100 Å². The van der Waals surface area contributed by atoms with Gasteiger partial charge in [0.15, 0.2) is 0 Å². The quantitative estimate of drug-likeness (QED) is 0.114. The Hall–Kier alpha value is -3.69.